The van der Waals surface area contributed by atoms with Crippen molar-refractivity contribution in [2.75, 3.05) is 30.6 Å². The topological polar surface area (TPSA) is 133 Å². The Labute approximate surface area is 166 Å². The van der Waals surface area contributed by atoms with Crippen LogP contribution in [0.5, 0.6) is 11.5 Å². The van der Waals surface area contributed by atoms with E-state index in [0.29, 0.717) is 22.9 Å². The molecule has 2 amide bonds. The van der Waals surface area contributed by atoms with Crippen molar-refractivity contribution in [3.8, 4) is 11.5 Å². The van der Waals surface area contributed by atoms with Crippen molar-refractivity contribution in [3.05, 3.63) is 54.2 Å². The average Bonchev–Trinajstić information content (AvgIpc) is 3.09. The SMILES string of the molecule is COc1ccc(NC(=O)Cn2nnc(C(=O)Nc3ccccc3OC)c2N)cc1. The highest BCUT2D eigenvalue weighted by molar-refractivity contribution is 6.06. The number of hydrogen-bond donors (Lipinski definition) is 3. The number of nitrogen functional groups attached to an aromatic ring is 1. The van der Waals surface area contributed by atoms with Gasteiger partial charge in [0, 0.05) is 5.69 Å². The monoisotopic (exact) mass is 396 g/mol. The second kappa shape index (κ2) is 8.74. The molecule has 0 saturated carbocycles. The summed E-state index contributed by atoms with van der Waals surface area (Å²) in [6.45, 7) is -0.202. The largest absolute Gasteiger partial charge is 0.497 e. The molecule has 3 aromatic rings. The number of nitrogens with zero attached hydrogens (tertiary/aromatic N) is 3. The first-order chi connectivity index (χ1) is 14.0. The van der Waals surface area contributed by atoms with Crippen molar-refractivity contribution in [1.82, 2.24) is 15.0 Å². The van der Waals surface area contributed by atoms with Crippen LogP contribution in [0, 0.1) is 0 Å². The number of ether oxygens (including phenoxy) is 2. The molecule has 0 spiro atoms. The first-order valence-electron chi connectivity index (χ1n) is 8.59. The fraction of sp³-hybridized carbons (Fsp3) is 0.158. The fourth-order valence-electron chi connectivity index (χ4n) is 2.54. The molecule has 10 heteroatoms. The summed E-state index contributed by atoms with van der Waals surface area (Å²) in [5.41, 5.74) is 6.92. The quantitative estimate of drug-likeness (QED) is 0.554. The van der Waals surface area contributed by atoms with Crippen LogP contribution in [0.15, 0.2) is 48.5 Å². The summed E-state index contributed by atoms with van der Waals surface area (Å²) in [6, 6.07) is 13.8. The fourth-order valence-corrected chi connectivity index (χ4v) is 2.54. The minimum atomic E-state index is -0.561. The van der Waals surface area contributed by atoms with Gasteiger partial charge in [0.1, 0.15) is 18.0 Å². The highest BCUT2D eigenvalue weighted by Gasteiger charge is 2.20. The molecule has 0 bridgehead atoms. The third-order valence-corrected chi connectivity index (χ3v) is 4.01. The normalized spacial score (nSPS) is 10.3. The number of rotatable bonds is 7. The minimum Gasteiger partial charge on any atom is -0.497 e. The summed E-state index contributed by atoms with van der Waals surface area (Å²) in [5, 5.41) is 13.0. The van der Waals surface area contributed by atoms with Crippen LogP contribution < -0.4 is 25.8 Å². The molecule has 0 saturated heterocycles. The van der Waals surface area contributed by atoms with Crippen molar-refractivity contribution in [1.29, 1.82) is 0 Å². The van der Waals surface area contributed by atoms with Crippen molar-refractivity contribution >= 4 is 29.0 Å². The molecule has 2 aromatic carbocycles. The molecule has 0 aliphatic heterocycles. The molecule has 29 heavy (non-hydrogen) atoms. The Morgan fingerprint density at radius 1 is 1.03 bits per heavy atom. The molecule has 0 aliphatic rings. The van der Waals surface area contributed by atoms with Gasteiger partial charge in [-0.1, -0.05) is 17.3 Å². The third kappa shape index (κ3) is 4.61. The van der Waals surface area contributed by atoms with Gasteiger partial charge in [0.05, 0.1) is 19.9 Å². The van der Waals surface area contributed by atoms with Gasteiger partial charge in [-0.25, -0.2) is 4.68 Å². The van der Waals surface area contributed by atoms with E-state index in [1.54, 1.807) is 55.6 Å². The number of carbonyl (C=O) groups excluding carboxylic acids is 2. The molecule has 4 N–H and O–H groups in total. The molecule has 0 radical (unpaired) electrons. The highest BCUT2D eigenvalue weighted by Crippen LogP contribution is 2.24. The second-order valence-electron chi connectivity index (χ2n) is 5.91. The van der Waals surface area contributed by atoms with E-state index in [4.69, 9.17) is 15.2 Å². The Morgan fingerprint density at radius 3 is 2.45 bits per heavy atom. The van der Waals surface area contributed by atoms with Crippen molar-refractivity contribution < 1.29 is 19.1 Å². The standard InChI is InChI=1S/C19H20N6O4/c1-28-13-9-7-12(8-10-13)21-16(26)11-25-18(20)17(23-24-25)19(27)22-14-5-3-4-6-15(14)29-2/h3-10H,11,20H2,1-2H3,(H,21,26)(H,22,27). The Morgan fingerprint density at radius 2 is 1.76 bits per heavy atom. The molecule has 1 aromatic heterocycles. The number of nitrogens with two attached hydrogens (primary N) is 1. The molecule has 150 valence electrons. The first-order valence-corrected chi connectivity index (χ1v) is 8.59. The maximum atomic E-state index is 12.5. The van der Waals surface area contributed by atoms with Gasteiger partial charge < -0.3 is 25.8 Å². The summed E-state index contributed by atoms with van der Waals surface area (Å²) in [6.07, 6.45) is 0. The van der Waals surface area contributed by atoms with Gasteiger partial charge in [0.15, 0.2) is 11.5 Å². The van der Waals surface area contributed by atoms with Crippen LogP contribution in [-0.4, -0.2) is 41.0 Å². The van der Waals surface area contributed by atoms with E-state index in [0.717, 1.165) is 4.68 Å². The molecule has 3 rings (SSSR count). The van der Waals surface area contributed by atoms with E-state index in [9.17, 15) is 9.59 Å². The predicted molar refractivity (Wildman–Crippen MR) is 107 cm³/mol. The van der Waals surface area contributed by atoms with E-state index in [2.05, 4.69) is 20.9 Å². The predicted octanol–water partition coefficient (Wildman–Crippen LogP) is 1.77. The number of benzene rings is 2. The number of para-hydroxylation sites is 2. The molecular formula is C19H20N6O4. The molecular weight excluding hydrogens is 376 g/mol. The van der Waals surface area contributed by atoms with Gasteiger partial charge in [-0.05, 0) is 36.4 Å². The van der Waals surface area contributed by atoms with Gasteiger partial charge in [-0.15, -0.1) is 5.10 Å². The molecule has 0 fully saturated rings. The maximum absolute atomic E-state index is 12.5. The van der Waals surface area contributed by atoms with Crippen LogP contribution in [0.4, 0.5) is 17.2 Å². The number of hydrogen-bond acceptors (Lipinski definition) is 7. The van der Waals surface area contributed by atoms with E-state index in [-0.39, 0.29) is 24.0 Å². The summed E-state index contributed by atoms with van der Waals surface area (Å²) in [4.78, 5) is 24.7. The van der Waals surface area contributed by atoms with Gasteiger partial charge in [0.25, 0.3) is 5.91 Å². The Balaban J connectivity index is 1.66. The number of amides is 2. The van der Waals surface area contributed by atoms with Gasteiger partial charge in [-0.3, -0.25) is 9.59 Å². The van der Waals surface area contributed by atoms with Crippen LogP contribution >= 0.6 is 0 Å². The zero-order valence-electron chi connectivity index (χ0n) is 15.9. The number of methoxy groups -OCH3 is 2. The number of nitrogens with one attached hydrogen (secondary N) is 2. The van der Waals surface area contributed by atoms with E-state index in [1.807, 2.05) is 0 Å². The van der Waals surface area contributed by atoms with Crippen molar-refractivity contribution in [3.63, 3.8) is 0 Å². The number of anilines is 3. The maximum Gasteiger partial charge on any atom is 0.280 e. The van der Waals surface area contributed by atoms with Crippen LogP contribution in [0.2, 0.25) is 0 Å². The first kappa shape index (κ1) is 19.7. The van der Waals surface area contributed by atoms with Crippen LogP contribution in [0.25, 0.3) is 0 Å². The van der Waals surface area contributed by atoms with E-state index in [1.165, 1.54) is 7.11 Å². The van der Waals surface area contributed by atoms with Gasteiger partial charge in [-0.2, -0.15) is 0 Å². The molecule has 0 unspecified atom stereocenters. The summed E-state index contributed by atoms with van der Waals surface area (Å²) >= 11 is 0. The van der Waals surface area contributed by atoms with Gasteiger partial charge in [0.2, 0.25) is 5.91 Å². The number of aromatic nitrogens is 3. The lowest BCUT2D eigenvalue weighted by molar-refractivity contribution is -0.116. The lowest BCUT2D eigenvalue weighted by Crippen LogP contribution is -2.21. The second-order valence-corrected chi connectivity index (χ2v) is 5.91. The zero-order chi connectivity index (χ0) is 20.8. The minimum absolute atomic E-state index is 0.0257. The zero-order valence-corrected chi connectivity index (χ0v) is 15.9. The third-order valence-electron chi connectivity index (χ3n) is 4.01. The Kier molecular flexibility index (Phi) is 5.93. The van der Waals surface area contributed by atoms with Gasteiger partial charge >= 0.3 is 0 Å². The summed E-state index contributed by atoms with van der Waals surface area (Å²) < 4.78 is 11.4. The number of carbonyl (C=O) groups is 2. The lowest BCUT2D eigenvalue weighted by atomic mass is 10.2. The summed E-state index contributed by atoms with van der Waals surface area (Å²) in [5.74, 6) is 0.208. The summed E-state index contributed by atoms with van der Waals surface area (Å²) in [7, 11) is 3.06. The lowest BCUT2D eigenvalue weighted by Gasteiger charge is -2.09. The highest BCUT2D eigenvalue weighted by atomic mass is 16.5. The Bertz CT molecular complexity index is 1020. The van der Waals surface area contributed by atoms with Crippen LogP contribution in [-0.2, 0) is 11.3 Å². The molecule has 10 nitrogen and oxygen atoms in total. The molecule has 0 aliphatic carbocycles. The van der Waals surface area contributed by atoms with E-state index >= 15 is 0 Å². The smallest absolute Gasteiger partial charge is 0.280 e. The Hall–Kier alpha value is -4.08. The van der Waals surface area contributed by atoms with Crippen molar-refractivity contribution in [2.24, 2.45) is 0 Å². The molecule has 0 atom stereocenters. The van der Waals surface area contributed by atoms with Crippen LogP contribution in [0.3, 0.4) is 0 Å². The molecule has 1 heterocycles. The van der Waals surface area contributed by atoms with E-state index < -0.39 is 5.91 Å². The van der Waals surface area contributed by atoms with Crippen molar-refractivity contribution in [2.45, 2.75) is 6.54 Å². The average molecular weight is 396 g/mol. The van der Waals surface area contributed by atoms with Crippen LogP contribution in [0.1, 0.15) is 10.5 Å².